The minimum atomic E-state index is -0.159. The highest BCUT2D eigenvalue weighted by molar-refractivity contribution is 7.09. The van der Waals surface area contributed by atoms with Crippen molar-refractivity contribution in [2.75, 3.05) is 0 Å². The van der Waals surface area contributed by atoms with Gasteiger partial charge in [-0.1, -0.05) is 30.3 Å². The van der Waals surface area contributed by atoms with E-state index in [1.807, 2.05) is 50.2 Å². The summed E-state index contributed by atoms with van der Waals surface area (Å²) in [6.45, 7) is 4.35. The molecule has 0 unspecified atom stereocenters. The molecule has 1 amide bonds. The SMILES string of the molecule is Cc1cccc(C(=O)NCc2ccc(-c3csc(C)n3)cc2)n1. The Labute approximate surface area is 139 Å². The largest absolute Gasteiger partial charge is 0.347 e. The molecule has 1 N–H and O–H groups in total. The lowest BCUT2D eigenvalue weighted by molar-refractivity contribution is 0.0945. The third-order valence-electron chi connectivity index (χ3n) is 3.44. The first-order valence-electron chi connectivity index (χ1n) is 7.35. The van der Waals surface area contributed by atoms with Crippen molar-refractivity contribution >= 4 is 17.2 Å². The van der Waals surface area contributed by atoms with E-state index in [0.717, 1.165) is 27.5 Å². The van der Waals surface area contributed by atoms with Crippen LogP contribution in [-0.2, 0) is 6.54 Å². The quantitative estimate of drug-likeness (QED) is 0.795. The number of nitrogens with one attached hydrogen (secondary N) is 1. The summed E-state index contributed by atoms with van der Waals surface area (Å²) in [5, 5.41) is 6.00. The number of aryl methyl sites for hydroxylation is 2. The summed E-state index contributed by atoms with van der Waals surface area (Å²) in [4.78, 5) is 20.8. The predicted octanol–water partition coefficient (Wildman–Crippen LogP) is 3.75. The molecule has 0 saturated carbocycles. The number of aromatic nitrogens is 2. The van der Waals surface area contributed by atoms with Gasteiger partial charge in [-0.25, -0.2) is 9.97 Å². The van der Waals surface area contributed by atoms with E-state index >= 15 is 0 Å². The summed E-state index contributed by atoms with van der Waals surface area (Å²) in [5.41, 5.74) is 4.40. The molecule has 0 saturated heterocycles. The van der Waals surface area contributed by atoms with Crippen LogP contribution in [0.25, 0.3) is 11.3 Å². The van der Waals surface area contributed by atoms with Gasteiger partial charge in [-0.2, -0.15) is 0 Å². The number of amides is 1. The third kappa shape index (κ3) is 3.81. The molecule has 3 aromatic rings. The van der Waals surface area contributed by atoms with E-state index in [9.17, 15) is 4.79 Å². The number of thiazole rings is 1. The molecule has 0 atom stereocenters. The van der Waals surface area contributed by atoms with Crippen LogP contribution in [0, 0.1) is 13.8 Å². The van der Waals surface area contributed by atoms with Crippen molar-refractivity contribution in [3.8, 4) is 11.3 Å². The molecule has 0 aliphatic carbocycles. The number of benzene rings is 1. The van der Waals surface area contributed by atoms with Gasteiger partial charge in [0.15, 0.2) is 0 Å². The Hall–Kier alpha value is -2.53. The lowest BCUT2D eigenvalue weighted by Gasteiger charge is -2.06. The fourth-order valence-electron chi connectivity index (χ4n) is 2.23. The van der Waals surface area contributed by atoms with Gasteiger partial charge in [0.2, 0.25) is 0 Å². The van der Waals surface area contributed by atoms with E-state index < -0.39 is 0 Å². The van der Waals surface area contributed by atoms with Gasteiger partial charge in [-0.3, -0.25) is 4.79 Å². The Morgan fingerprint density at radius 2 is 1.87 bits per heavy atom. The van der Waals surface area contributed by atoms with E-state index in [0.29, 0.717) is 12.2 Å². The zero-order chi connectivity index (χ0) is 16.2. The van der Waals surface area contributed by atoms with Crippen molar-refractivity contribution in [2.45, 2.75) is 20.4 Å². The zero-order valence-electron chi connectivity index (χ0n) is 13.0. The lowest BCUT2D eigenvalue weighted by atomic mass is 10.1. The van der Waals surface area contributed by atoms with Crippen LogP contribution in [0.1, 0.15) is 26.8 Å². The first-order valence-corrected chi connectivity index (χ1v) is 8.23. The second-order valence-corrected chi connectivity index (χ2v) is 6.36. The number of pyridine rings is 1. The summed E-state index contributed by atoms with van der Waals surface area (Å²) in [6.07, 6.45) is 0. The van der Waals surface area contributed by atoms with Crippen molar-refractivity contribution in [2.24, 2.45) is 0 Å². The Morgan fingerprint density at radius 1 is 1.09 bits per heavy atom. The van der Waals surface area contributed by atoms with Crippen LogP contribution in [0.3, 0.4) is 0 Å². The molecule has 0 bridgehead atoms. The number of nitrogens with zero attached hydrogens (tertiary/aromatic N) is 2. The lowest BCUT2D eigenvalue weighted by Crippen LogP contribution is -2.23. The van der Waals surface area contributed by atoms with Gasteiger partial charge in [-0.05, 0) is 31.5 Å². The zero-order valence-corrected chi connectivity index (χ0v) is 13.9. The highest BCUT2D eigenvalue weighted by atomic mass is 32.1. The Balaban J connectivity index is 1.63. The molecular formula is C18H17N3OS. The monoisotopic (exact) mass is 323 g/mol. The van der Waals surface area contributed by atoms with Crippen molar-refractivity contribution in [1.82, 2.24) is 15.3 Å². The van der Waals surface area contributed by atoms with Gasteiger partial charge < -0.3 is 5.32 Å². The van der Waals surface area contributed by atoms with Crippen molar-refractivity contribution < 1.29 is 4.79 Å². The number of hydrogen-bond donors (Lipinski definition) is 1. The number of rotatable bonds is 4. The molecule has 0 aliphatic heterocycles. The van der Waals surface area contributed by atoms with Gasteiger partial charge >= 0.3 is 0 Å². The maximum absolute atomic E-state index is 12.1. The number of carbonyl (C=O) groups is 1. The minimum absolute atomic E-state index is 0.159. The van der Waals surface area contributed by atoms with Gasteiger partial charge in [0.05, 0.1) is 10.7 Å². The molecule has 2 heterocycles. The molecular weight excluding hydrogens is 306 g/mol. The van der Waals surface area contributed by atoms with Gasteiger partial charge in [0.1, 0.15) is 5.69 Å². The smallest absolute Gasteiger partial charge is 0.270 e. The molecule has 1 aromatic carbocycles. The Bertz CT molecular complexity index is 824. The average Bonchev–Trinajstić information content (AvgIpc) is 2.99. The second kappa shape index (κ2) is 6.71. The van der Waals surface area contributed by atoms with Crippen LogP contribution in [0.5, 0.6) is 0 Å². The summed E-state index contributed by atoms with van der Waals surface area (Å²) in [5.74, 6) is -0.159. The minimum Gasteiger partial charge on any atom is -0.347 e. The normalized spacial score (nSPS) is 10.5. The summed E-state index contributed by atoms with van der Waals surface area (Å²) < 4.78 is 0. The van der Waals surface area contributed by atoms with Gasteiger partial charge in [0, 0.05) is 23.2 Å². The van der Waals surface area contributed by atoms with Crippen molar-refractivity contribution in [1.29, 1.82) is 0 Å². The van der Waals surface area contributed by atoms with Crippen LogP contribution in [0.4, 0.5) is 0 Å². The van der Waals surface area contributed by atoms with Crippen LogP contribution in [0.2, 0.25) is 0 Å². The fraction of sp³-hybridized carbons (Fsp3) is 0.167. The standard InChI is InChI=1S/C18H17N3OS/c1-12-4-3-5-16(20-12)18(22)19-10-14-6-8-15(9-7-14)17-11-23-13(2)21-17/h3-9,11H,10H2,1-2H3,(H,19,22). The number of hydrogen-bond acceptors (Lipinski definition) is 4. The van der Waals surface area contributed by atoms with E-state index in [-0.39, 0.29) is 5.91 Å². The number of carbonyl (C=O) groups excluding carboxylic acids is 1. The fourth-order valence-corrected chi connectivity index (χ4v) is 2.85. The van der Waals surface area contributed by atoms with Gasteiger partial charge in [-0.15, -0.1) is 11.3 Å². The van der Waals surface area contributed by atoms with Gasteiger partial charge in [0.25, 0.3) is 5.91 Å². The molecule has 0 aliphatic rings. The second-order valence-electron chi connectivity index (χ2n) is 5.30. The van der Waals surface area contributed by atoms with E-state index in [4.69, 9.17) is 0 Å². The molecule has 5 heteroatoms. The van der Waals surface area contributed by atoms with E-state index in [1.165, 1.54) is 0 Å². The molecule has 23 heavy (non-hydrogen) atoms. The van der Waals surface area contributed by atoms with Crippen molar-refractivity contribution in [3.63, 3.8) is 0 Å². The average molecular weight is 323 g/mol. The van der Waals surface area contributed by atoms with E-state index in [1.54, 1.807) is 17.4 Å². The Morgan fingerprint density at radius 3 is 2.52 bits per heavy atom. The van der Waals surface area contributed by atoms with Crippen molar-refractivity contribution in [3.05, 3.63) is 69.8 Å². The Kier molecular flexibility index (Phi) is 4.48. The van der Waals surface area contributed by atoms with Crippen LogP contribution in [-0.4, -0.2) is 15.9 Å². The van der Waals surface area contributed by atoms with Crippen LogP contribution >= 0.6 is 11.3 Å². The van der Waals surface area contributed by atoms with E-state index in [2.05, 4.69) is 20.7 Å². The molecule has 116 valence electrons. The topological polar surface area (TPSA) is 54.9 Å². The molecule has 2 aromatic heterocycles. The summed E-state index contributed by atoms with van der Waals surface area (Å²) in [6, 6.07) is 13.5. The highest BCUT2D eigenvalue weighted by Crippen LogP contribution is 2.21. The summed E-state index contributed by atoms with van der Waals surface area (Å²) >= 11 is 1.64. The molecule has 3 rings (SSSR count). The third-order valence-corrected chi connectivity index (χ3v) is 4.22. The first kappa shape index (κ1) is 15.4. The maximum atomic E-state index is 12.1. The maximum Gasteiger partial charge on any atom is 0.270 e. The molecule has 0 radical (unpaired) electrons. The first-order chi connectivity index (χ1) is 11.1. The molecule has 0 spiro atoms. The summed E-state index contributed by atoms with van der Waals surface area (Å²) in [7, 11) is 0. The van der Waals surface area contributed by atoms with Crippen LogP contribution < -0.4 is 5.32 Å². The predicted molar refractivity (Wildman–Crippen MR) is 92.4 cm³/mol. The highest BCUT2D eigenvalue weighted by Gasteiger charge is 2.07. The molecule has 4 nitrogen and oxygen atoms in total. The van der Waals surface area contributed by atoms with Crippen LogP contribution in [0.15, 0.2) is 47.8 Å². The molecule has 0 fully saturated rings.